The van der Waals surface area contributed by atoms with E-state index in [0.717, 1.165) is 37.0 Å². The Balaban J connectivity index is 1.96. The van der Waals surface area contributed by atoms with Crippen molar-refractivity contribution < 1.29 is 43.8 Å². The zero-order valence-corrected chi connectivity index (χ0v) is 34.7. The number of nitrogens with one attached hydrogen (secondary N) is 5. The van der Waals surface area contributed by atoms with E-state index in [-0.39, 0.29) is 65.8 Å². The van der Waals surface area contributed by atoms with Crippen LogP contribution in [-0.4, -0.2) is 107 Å². The molecule has 0 saturated carbocycles. The first-order chi connectivity index (χ1) is 28.1. The van der Waals surface area contributed by atoms with E-state index in [1.807, 2.05) is 0 Å². The van der Waals surface area contributed by atoms with Gasteiger partial charge in [-0.3, -0.25) is 33.6 Å². The van der Waals surface area contributed by atoms with Gasteiger partial charge in [0.25, 0.3) is 5.91 Å². The molecule has 1 aliphatic rings. The monoisotopic (exact) mass is 842 g/mol. The standard InChI is InChI=1S/C41H59ClN8O9/c1-4-5-6-7-8-12-34(54)45-19-17-35(55)47-29(11-9-10-18-43)41(59)50(3)36-26-14-16-32(52)28(22-26)27-20-25(13-15-31(27)51)21-30(38(56)46-24(2)33(53)23-42)48-40(58)37(44)49-39(36)57/h13-16,20,22,24,29-30,36-37,51-52H,4-12,17-19,21,23,43-44H2,1-3H3,(H,45,54)(H,46,56)(H,47,55)(H,48,58)(H,49,57)/t24-,29-,30-,36-,37+/m0/s1. The second kappa shape index (κ2) is 24.0. The minimum Gasteiger partial charge on any atom is -0.507 e. The van der Waals surface area contributed by atoms with E-state index >= 15 is 0 Å². The Morgan fingerprint density at radius 1 is 0.881 bits per heavy atom. The van der Waals surface area contributed by atoms with Crippen LogP contribution in [0.5, 0.6) is 11.5 Å². The Kier molecular flexibility index (Phi) is 19.5. The smallest absolute Gasteiger partial charge is 0.258 e. The topological polar surface area (TPSA) is 275 Å². The number of phenols is 2. The molecule has 0 fully saturated rings. The number of aromatic hydroxyl groups is 2. The van der Waals surface area contributed by atoms with Crippen molar-refractivity contribution in [3.63, 3.8) is 0 Å². The Bertz CT molecular complexity index is 1810. The van der Waals surface area contributed by atoms with Gasteiger partial charge >= 0.3 is 0 Å². The lowest BCUT2D eigenvalue weighted by molar-refractivity contribution is -0.143. The van der Waals surface area contributed by atoms with Crippen LogP contribution in [0.4, 0.5) is 0 Å². The van der Waals surface area contributed by atoms with Crippen molar-refractivity contribution in [3.05, 3.63) is 47.5 Å². The van der Waals surface area contributed by atoms with E-state index in [9.17, 15) is 43.8 Å². The van der Waals surface area contributed by atoms with Crippen molar-refractivity contribution in [3.8, 4) is 22.6 Å². The highest BCUT2D eigenvalue weighted by molar-refractivity contribution is 6.28. The summed E-state index contributed by atoms with van der Waals surface area (Å²) in [4.78, 5) is 94.0. The van der Waals surface area contributed by atoms with Crippen LogP contribution in [-0.2, 0) is 40.0 Å². The highest BCUT2D eigenvalue weighted by atomic mass is 35.5. The third-order valence-electron chi connectivity index (χ3n) is 10.1. The largest absolute Gasteiger partial charge is 0.507 e. The number of rotatable bonds is 20. The molecular formula is C41H59ClN8O9. The summed E-state index contributed by atoms with van der Waals surface area (Å²) < 4.78 is 0. The van der Waals surface area contributed by atoms with Gasteiger partial charge in [0, 0.05) is 44.0 Å². The molecule has 324 valence electrons. The number of halogens is 1. The van der Waals surface area contributed by atoms with E-state index < -0.39 is 65.7 Å². The van der Waals surface area contributed by atoms with Crippen LogP contribution in [0.3, 0.4) is 0 Å². The summed E-state index contributed by atoms with van der Waals surface area (Å²) in [6.45, 7) is 3.93. The van der Waals surface area contributed by atoms with Crippen molar-refractivity contribution in [1.29, 1.82) is 0 Å². The Hall–Kier alpha value is -5.26. The number of alkyl halides is 1. The minimum atomic E-state index is -1.74. The average molecular weight is 843 g/mol. The van der Waals surface area contributed by atoms with E-state index in [2.05, 4.69) is 33.5 Å². The average Bonchev–Trinajstić information content (AvgIpc) is 3.20. The van der Waals surface area contributed by atoms with Gasteiger partial charge in [-0.25, -0.2) is 0 Å². The molecule has 59 heavy (non-hydrogen) atoms. The van der Waals surface area contributed by atoms with Gasteiger partial charge in [0.15, 0.2) is 11.9 Å². The van der Waals surface area contributed by atoms with Gasteiger partial charge in [0.2, 0.25) is 29.5 Å². The van der Waals surface area contributed by atoms with E-state index in [0.29, 0.717) is 31.4 Å². The third kappa shape index (κ3) is 14.5. The molecule has 18 heteroatoms. The number of fused-ring (bicyclic) bond motifs is 5. The van der Waals surface area contributed by atoms with Crippen molar-refractivity contribution in [2.24, 2.45) is 11.5 Å². The molecule has 0 saturated heterocycles. The van der Waals surface area contributed by atoms with Gasteiger partial charge in [-0.05, 0) is 74.5 Å². The summed E-state index contributed by atoms with van der Waals surface area (Å²) in [5.74, 6) is -5.41. The lowest BCUT2D eigenvalue weighted by atomic mass is 9.93. The van der Waals surface area contributed by atoms with Crippen molar-refractivity contribution in [2.75, 3.05) is 26.0 Å². The fraction of sp³-hybridized carbons (Fsp3) is 0.537. The molecule has 2 aromatic rings. The van der Waals surface area contributed by atoms with Crippen LogP contribution in [0.25, 0.3) is 11.1 Å². The number of nitrogens with two attached hydrogens (primary N) is 2. The number of benzene rings is 2. The lowest BCUT2D eigenvalue weighted by Crippen LogP contribution is -2.60. The van der Waals surface area contributed by atoms with Gasteiger partial charge < -0.3 is 53.2 Å². The predicted octanol–water partition coefficient (Wildman–Crippen LogP) is 1.50. The number of likely N-dealkylation sites (N-methyl/N-ethyl adjacent to an activating group) is 1. The maximum Gasteiger partial charge on any atom is 0.258 e. The summed E-state index contributed by atoms with van der Waals surface area (Å²) in [6.07, 6.45) is 4.43. The van der Waals surface area contributed by atoms with Crippen LogP contribution in [0, 0.1) is 0 Å². The molecule has 0 radical (unpaired) electrons. The summed E-state index contributed by atoms with van der Waals surface area (Å²) in [5, 5.41) is 34.9. The number of hydrogen-bond acceptors (Lipinski definition) is 11. The van der Waals surface area contributed by atoms with Gasteiger partial charge in [-0.15, -0.1) is 11.6 Å². The molecule has 0 unspecified atom stereocenters. The second-order valence-electron chi connectivity index (χ2n) is 14.7. The minimum absolute atomic E-state index is 0.0571. The number of amides is 6. The molecule has 5 atom stereocenters. The normalized spacial score (nSPS) is 17.6. The highest BCUT2D eigenvalue weighted by Crippen LogP contribution is 2.38. The maximum absolute atomic E-state index is 14.3. The lowest BCUT2D eigenvalue weighted by Gasteiger charge is -2.32. The molecule has 1 aliphatic heterocycles. The Labute approximate surface area is 349 Å². The van der Waals surface area contributed by atoms with Crippen molar-refractivity contribution >= 4 is 52.8 Å². The van der Waals surface area contributed by atoms with E-state index in [4.69, 9.17) is 23.1 Å². The second-order valence-corrected chi connectivity index (χ2v) is 15.0. The SMILES string of the molecule is CCCCCCCC(=O)NCCC(=O)N[C@@H](CCCCN)C(=O)N(C)[C@@H]1C(=O)N[C@@H](N)C(=O)N[C@H](C(=O)N[C@@H](C)C(=O)CCl)Cc2ccc(O)c(c2)-c2cc1ccc2O. The fourth-order valence-corrected chi connectivity index (χ4v) is 6.84. The van der Waals surface area contributed by atoms with Crippen LogP contribution >= 0.6 is 11.6 Å². The first-order valence-electron chi connectivity index (χ1n) is 20.0. The molecule has 17 nitrogen and oxygen atoms in total. The van der Waals surface area contributed by atoms with Crippen molar-refractivity contribution in [1.82, 2.24) is 31.5 Å². The molecule has 11 N–H and O–H groups in total. The number of phenolic OH excluding ortho intramolecular Hbond substituents is 2. The van der Waals surface area contributed by atoms with Crippen LogP contribution in [0.1, 0.15) is 95.2 Å². The fourth-order valence-electron chi connectivity index (χ4n) is 6.61. The molecule has 6 amide bonds. The molecule has 3 rings (SSSR count). The summed E-state index contributed by atoms with van der Waals surface area (Å²) in [5.41, 5.74) is 12.6. The predicted molar refractivity (Wildman–Crippen MR) is 222 cm³/mol. The van der Waals surface area contributed by atoms with Gasteiger partial charge in [0.05, 0.1) is 11.9 Å². The number of nitrogens with zero attached hydrogens (tertiary/aromatic N) is 1. The van der Waals surface area contributed by atoms with Gasteiger partial charge in [-0.1, -0.05) is 44.7 Å². The number of carbonyl (C=O) groups is 7. The number of hydrogen-bond donors (Lipinski definition) is 9. The number of Topliss-reactive ketones (excluding diaryl/α,β-unsaturated/α-hetero) is 1. The summed E-state index contributed by atoms with van der Waals surface area (Å²) >= 11 is 5.66. The zero-order chi connectivity index (χ0) is 43.6. The number of ketones is 1. The molecule has 0 spiro atoms. The first-order valence-corrected chi connectivity index (χ1v) is 20.6. The maximum atomic E-state index is 14.3. The summed E-state index contributed by atoms with van der Waals surface area (Å²) in [6, 6.07) is 3.42. The molecule has 4 bridgehead atoms. The third-order valence-corrected chi connectivity index (χ3v) is 10.3. The Morgan fingerprint density at radius 3 is 2.24 bits per heavy atom. The molecule has 2 aromatic carbocycles. The van der Waals surface area contributed by atoms with E-state index in [1.54, 1.807) is 0 Å². The van der Waals surface area contributed by atoms with Crippen LogP contribution in [0.2, 0.25) is 0 Å². The summed E-state index contributed by atoms with van der Waals surface area (Å²) in [7, 11) is 1.33. The number of unbranched alkanes of at least 4 members (excludes halogenated alkanes) is 5. The quantitative estimate of drug-likeness (QED) is 0.0681. The van der Waals surface area contributed by atoms with Gasteiger partial charge in [-0.2, -0.15) is 0 Å². The van der Waals surface area contributed by atoms with E-state index in [1.165, 1.54) is 50.4 Å². The molecular weight excluding hydrogens is 784 g/mol. The number of carbonyl (C=O) groups excluding carboxylic acids is 7. The zero-order valence-electron chi connectivity index (χ0n) is 34.0. The molecule has 0 aliphatic carbocycles. The van der Waals surface area contributed by atoms with Gasteiger partial charge in [0.1, 0.15) is 29.6 Å². The first kappa shape index (κ1) is 48.1. The molecule has 1 heterocycles. The van der Waals surface area contributed by atoms with Crippen LogP contribution in [0.15, 0.2) is 36.4 Å². The Morgan fingerprint density at radius 2 is 1.56 bits per heavy atom. The van der Waals surface area contributed by atoms with Crippen LogP contribution < -0.4 is 38.1 Å². The highest BCUT2D eigenvalue weighted by Gasteiger charge is 2.36. The molecule has 0 aromatic heterocycles. The van der Waals surface area contributed by atoms with Crippen molar-refractivity contribution in [2.45, 2.75) is 115 Å².